The molecule has 0 atom stereocenters. The topological polar surface area (TPSA) is 6.48 Å². The molecule has 0 spiro atoms. The number of nitrogens with zero attached hydrogens (tertiary/aromatic N) is 2. The SMILES string of the molecule is CN(CCN1CC2CCC(CC2)C1)Cc1ccccc1. The van der Waals surface area contributed by atoms with E-state index in [-0.39, 0.29) is 0 Å². The first kappa shape index (κ1) is 14.1. The van der Waals surface area contributed by atoms with E-state index in [9.17, 15) is 0 Å². The van der Waals surface area contributed by atoms with E-state index in [4.69, 9.17) is 0 Å². The number of hydrogen-bond donors (Lipinski definition) is 0. The number of likely N-dealkylation sites (N-methyl/N-ethyl adjacent to an activating group) is 1. The normalized spacial score (nSPS) is 26.9. The van der Waals surface area contributed by atoms with Crippen molar-refractivity contribution < 1.29 is 0 Å². The Kier molecular flexibility index (Phi) is 4.74. The monoisotopic (exact) mass is 272 g/mol. The molecule has 2 nitrogen and oxygen atoms in total. The summed E-state index contributed by atoms with van der Waals surface area (Å²) in [6.07, 6.45) is 5.95. The Hall–Kier alpha value is -0.860. The average Bonchev–Trinajstić information content (AvgIpc) is 2.79. The van der Waals surface area contributed by atoms with E-state index in [0.717, 1.165) is 18.4 Å². The fourth-order valence-corrected chi connectivity index (χ4v) is 3.87. The molecule has 0 aromatic heterocycles. The van der Waals surface area contributed by atoms with Crippen molar-refractivity contribution in [1.82, 2.24) is 9.80 Å². The Morgan fingerprint density at radius 2 is 1.60 bits per heavy atom. The first-order chi connectivity index (χ1) is 9.79. The van der Waals surface area contributed by atoms with Crippen molar-refractivity contribution in [2.75, 3.05) is 33.2 Å². The van der Waals surface area contributed by atoms with Gasteiger partial charge in [-0.3, -0.25) is 0 Å². The molecule has 0 amide bonds. The summed E-state index contributed by atoms with van der Waals surface area (Å²) in [5, 5.41) is 0. The molecule has 2 aliphatic heterocycles. The molecular weight excluding hydrogens is 244 g/mol. The summed E-state index contributed by atoms with van der Waals surface area (Å²) < 4.78 is 0. The second-order valence-electron chi connectivity index (χ2n) is 6.87. The van der Waals surface area contributed by atoms with E-state index in [0.29, 0.717) is 0 Å². The van der Waals surface area contributed by atoms with Crippen molar-refractivity contribution >= 4 is 0 Å². The number of benzene rings is 1. The van der Waals surface area contributed by atoms with Gasteiger partial charge >= 0.3 is 0 Å². The molecule has 2 heteroatoms. The molecule has 1 aromatic rings. The lowest BCUT2D eigenvalue weighted by molar-refractivity contribution is 0.208. The first-order valence-electron chi connectivity index (χ1n) is 8.24. The van der Waals surface area contributed by atoms with Crippen molar-refractivity contribution in [2.45, 2.75) is 32.2 Å². The van der Waals surface area contributed by atoms with Crippen molar-refractivity contribution in [3.8, 4) is 0 Å². The van der Waals surface area contributed by atoms with E-state index in [1.54, 1.807) is 0 Å². The summed E-state index contributed by atoms with van der Waals surface area (Å²) in [6, 6.07) is 10.8. The number of fused-ring (bicyclic) bond motifs is 4. The molecule has 1 aliphatic carbocycles. The number of hydrogen-bond acceptors (Lipinski definition) is 2. The highest BCUT2D eigenvalue weighted by atomic mass is 15.2. The summed E-state index contributed by atoms with van der Waals surface area (Å²) in [7, 11) is 2.25. The largest absolute Gasteiger partial charge is 0.302 e. The molecule has 2 bridgehead atoms. The summed E-state index contributed by atoms with van der Waals surface area (Å²) in [5.74, 6) is 1.99. The van der Waals surface area contributed by atoms with Crippen molar-refractivity contribution in [3.05, 3.63) is 35.9 Å². The minimum atomic E-state index is 0.994. The first-order valence-corrected chi connectivity index (χ1v) is 8.24. The van der Waals surface area contributed by atoms with Crippen molar-refractivity contribution in [3.63, 3.8) is 0 Å². The summed E-state index contributed by atoms with van der Waals surface area (Å²) in [4.78, 5) is 5.19. The minimum absolute atomic E-state index is 0.994. The van der Waals surface area contributed by atoms with Crippen LogP contribution < -0.4 is 0 Å². The van der Waals surface area contributed by atoms with Crippen LogP contribution in [0.5, 0.6) is 0 Å². The third-order valence-corrected chi connectivity index (χ3v) is 5.09. The number of rotatable bonds is 5. The summed E-state index contributed by atoms with van der Waals surface area (Å²) in [5.41, 5.74) is 1.42. The molecule has 3 fully saturated rings. The Morgan fingerprint density at radius 1 is 1.00 bits per heavy atom. The Bertz CT molecular complexity index is 381. The van der Waals surface area contributed by atoms with Gasteiger partial charge in [-0.1, -0.05) is 30.3 Å². The van der Waals surface area contributed by atoms with Gasteiger partial charge in [0.1, 0.15) is 0 Å². The molecule has 0 N–H and O–H groups in total. The molecule has 20 heavy (non-hydrogen) atoms. The Balaban J connectivity index is 1.44. The van der Waals surface area contributed by atoms with E-state index >= 15 is 0 Å². The fraction of sp³-hybridized carbons (Fsp3) is 0.667. The molecule has 0 radical (unpaired) electrons. The van der Waals surface area contributed by atoms with Gasteiger partial charge in [0.05, 0.1) is 0 Å². The highest BCUT2D eigenvalue weighted by Crippen LogP contribution is 2.33. The van der Waals surface area contributed by atoms with Crippen LogP contribution in [0, 0.1) is 11.8 Å². The van der Waals surface area contributed by atoms with Gasteiger partial charge in [-0.05, 0) is 50.1 Å². The quantitative estimate of drug-likeness (QED) is 0.812. The highest BCUT2D eigenvalue weighted by Gasteiger charge is 2.28. The third kappa shape index (κ3) is 3.83. The van der Waals surface area contributed by atoms with Crippen LogP contribution >= 0.6 is 0 Å². The van der Waals surface area contributed by atoms with E-state index < -0.39 is 0 Å². The predicted molar refractivity (Wildman–Crippen MR) is 84.7 cm³/mol. The molecule has 110 valence electrons. The van der Waals surface area contributed by atoms with Crippen LogP contribution in [0.4, 0.5) is 0 Å². The predicted octanol–water partition coefficient (Wildman–Crippen LogP) is 3.24. The zero-order valence-electron chi connectivity index (χ0n) is 12.8. The van der Waals surface area contributed by atoms with Crippen LogP contribution in [0.3, 0.4) is 0 Å². The second kappa shape index (κ2) is 6.73. The molecule has 2 heterocycles. The lowest BCUT2D eigenvalue weighted by Gasteiger charge is -2.25. The second-order valence-corrected chi connectivity index (χ2v) is 6.87. The maximum absolute atomic E-state index is 2.73. The zero-order chi connectivity index (χ0) is 13.8. The van der Waals surface area contributed by atoms with Gasteiger partial charge in [0, 0.05) is 32.7 Å². The Labute approximate surface area is 123 Å². The molecule has 2 saturated heterocycles. The van der Waals surface area contributed by atoms with Crippen LogP contribution in [-0.4, -0.2) is 43.0 Å². The minimum Gasteiger partial charge on any atom is -0.302 e. The zero-order valence-corrected chi connectivity index (χ0v) is 12.8. The van der Waals surface area contributed by atoms with Gasteiger partial charge in [-0.15, -0.1) is 0 Å². The molecule has 4 rings (SSSR count). The standard InChI is InChI=1S/C18H28N2/c1-19(13-16-5-3-2-4-6-16)11-12-20-14-17-7-8-18(15-20)10-9-17/h2-6,17-18H,7-15H2,1H3. The van der Waals surface area contributed by atoms with Gasteiger partial charge in [0.15, 0.2) is 0 Å². The smallest absolute Gasteiger partial charge is 0.0231 e. The highest BCUT2D eigenvalue weighted by molar-refractivity contribution is 5.14. The Morgan fingerprint density at radius 3 is 2.20 bits per heavy atom. The van der Waals surface area contributed by atoms with Crippen LogP contribution in [0.1, 0.15) is 31.2 Å². The van der Waals surface area contributed by atoms with E-state index in [1.807, 2.05) is 0 Å². The van der Waals surface area contributed by atoms with Crippen LogP contribution in [-0.2, 0) is 6.54 Å². The fourth-order valence-electron chi connectivity index (χ4n) is 3.87. The lowest BCUT2D eigenvalue weighted by Crippen LogP contribution is -2.35. The van der Waals surface area contributed by atoms with Crippen molar-refractivity contribution in [1.29, 1.82) is 0 Å². The maximum atomic E-state index is 2.73. The summed E-state index contributed by atoms with van der Waals surface area (Å²) in [6.45, 7) is 6.22. The van der Waals surface area contributed by atoms with Crippen LogP contribution in [0.15, 0.2) is 30.3 Å². The maximum Gasteiger partial charge on any atom is 0.0231 e. The lowest BCUT2D eigenvalue weighted by atomic mass is 9.84. The van der Waals surface area contributed by atoms with Gasteiger partial charge in [0.25, 0.3) is 0 Å². The van der Waals surface area contributed by atoms with Gasteiger partial charge in [0.2, 0.25) is 0 Å². The van der Waals surface area contributed by atoms with Gasteiger partial charge in [-0.2, -0.15) is 0 Å². The van der Waals surface area contributed by atoms with Gasteiger partial charge in [-0.25, -0.2) is 0 Å². The van der Waals surface area contributed by atoms with E-state index in [1.165, 1.54) is 57.4 Å². The third-order valence-electron chi connectivity index (χ3n) is 5.09. The van der Waals surface area contributed by atoms with Crippen molar-refractivity contribution in [2.24, 2.45) is 11.8 Å². The molecular formula is C18H28N2. The summed E-state index contributed by atoms with van der Waals surface area (Å²) >= 11 is 0. The molecule has 1 aromatic carbocycles. The van der Waals surface area contributed by atoms with E-state index in [2.05, 4.69) is 47.2 Å². The molecule has 3 aliphatic rings. The van der Waals surface area contributed by atoms with Gasteiger partial charge < -0.3 is 9.80 Å². The average molecular weight is 272 g/mol. The molecule has 1 saturated carbocycles. The van der Waals surface area contributed by atoms with Crippen LogP contribution in [0.25, 0.3) is 0 Å². The molecule has 0 unspecified atom stereocenters. The van der Waals surface area contributed by atoms with Crippen LogP contribution in [0.2, 0.25) is 0 Å².